The maximum Gasteiger partial charge on any atom is 0.220 e. The standard InChI is InChI=1S/C19H26FN3OS/c1-4-23(5-2)12-17-13-25-19(22-17)11-21-18(24)10-14(3)15-6-8-16(20)9-7-15/h6-9,13-14H,4-5,10-12H2,1-3H3,(H,21,24). The largest absolute Gasteiger partial charge is 0.350 e. The SMILES string of the molecule is CCN(CC)Cc1csc(CNC(=O)CC(C)c2ccc(F)cc2)n1. The van der Waals surface area contributed by atoms with Crippen LogP contribution in [0.4, 0.5) is 4.39 Å². The summed E-state index contributed by atoms with van der Waals surface area (Å²) in [4.78, 5) is 19.0. The summed E-state index contributed by atoms with van der Waals surface area (Å²) in [6.45, 7) is 9.55. The van der Waals surface area contributed by atoms with Crippen LogP contribution < -0.4 is 5.32 Å². The van der Waals surface area contributed by atoms with Crippen LogP contribution in [0.2, 0.25) is 0 Å². The zero-order chi connectivity index (χ0) is 18.2. The van der Waals surface area contributed by atoms with E-state index in [4.69, 9.17) is 0 Å². The third-order valence-corrected chi connectivity index (χ3v) is 5.14. The number of hydrogen-bond acceptors (Lipinski definition) is 4. The van der Waals surface area contributed by atoms with Gasteiger partial charge in [-0.1, -0.05) is 32.9 Å². The van der Waals surface area contributed by atoms with Crippen molar-refractivity contribution in [2.24, 2.45) is 0 Å². The quantitative estimate of drug-likeness (QED) is 0.734. The van der Waals surface area contributed by atoms with Gasteiger partial charge in [-0.3, -0.25) is 9.69 Å². The number of carbonyl (C=O) groups excluding carboxylic acids is 1. The first kappa shape index (κ1) is 19.5. The molecule has 0 radical (unpaired) electrons. The van der Waals surface area contributed by atoms with Gasteiger partial charge in [-0.2, -0.15) is 0 Å². The van der Waals surface area contributed by atoms with E-state index in [2.05, 4.69) is 34.4 Å². The van der Waals surface area contributed by atoms with Crippen molar-refractivity contribution in [3.63, 3.8) is 0 Å². The fraction of sp³-hybridized carbons (Fsp3) is 0.474. The van der Waals surface area contributed by atoms with Crippen LogP contribution in [-0.4, -0.2) is 28.9 Å². The van der Waals surface area contributed by atoms with E-state index < -0.39 is 0 Å². The predicted molar refractivity (Wildman–Crippen MR) is 100 cm³/mol. The summed E-state index contributed by atoms with van der Waals surface area (Å²) in [6.07, 6.45) is 0.378. The number of amides is 1. The van der Waals surface area contributed by atoms with Gasteiger partial charge in [-0.05, 0) is 36.7 Å². The monoisotopic (exact) mass is 363 g/mol. The van der Waals surface area contributed by atoms with Gasteiger partial charge >= 0.3 is 0 Å². The second-order valence-corrected chi connectivity index (χ2v) is 7.07. The smallest absolute Gasteiger partial charge is 0.220 e. The molecule has 1 amide bonds. The maximum absolute atomic E-state index is 13.0. The first-order chi connectivity index (χ1) is 12.0. The van der Waals surface area contributed by atoms with Crippen molar-refractivity contribution in [3.8, 4) is 0 Å². The minimum absolute atomic E-state index is 0.0164. The Balaban J connectivity index is 1.79. The van der Waals surface area contributed by atoms with Crippen molar-refractivity contribution < 1.29 is 9.18 Å². The van der Waals surface area contributed by atoms with E-state index in [-0.39, 0.29) is 17.6 Å². The molecule has 0 saturated carbocycles. The summed E-state index contributed by atoms with van der Waals surface area (Å²) >= 11 is 1.58. The third-order valence-electron chi connectivity index (χ3n) is 4.25. The zero-order valence-corrected chi connectivity index (χ0v) is 15.9. The Kier molecular flexibility index (Phi) is 7.52. The van der Waals surface area contributed by atoms with Crippen LogP contribution in [0.1, 0.15) is 49.4 Å². The molecule has 25 heavy (non-hydrogen) atoms. The van der Waals surface area contributed by atoms with Crippen LogP contribution in [-0.2, 0) is 17.9 Å². The fourth-order valence-electron chi connectivity index (χ4n) is 2.61. The summed E-state index contributed by atoms with van der Waals surface area (Å²) in [6, 6.07) is 6.31. The summed E-state index contributed by atoms with van der Waals surface area (Å²) < 4.78 is 13.0. The van der Waals surface area contributed by atoms with Gasteiger partial charge in [0.1, 0.15) is 10.8 Å². The molecule has 0 fully saturated rings. The van der Waals surface area contributed by atoms with Gasteiger partial charge in [0, 0.05) is 18.3 Å². The Hall–Kier alpha value is -1.79. The van der Waals surface area contributed by atoms with Gasteiger partial charge in [0.2, 0.25) is 5.91 Å². The molecule has 0 bridgehead atoms. The maximum atomic E-state index is 13.0. The highest BCUT2D eigenvalue weighted by atomic mass is 32.1. The zero-order valence-electron chi connectivity index (χ0n) is 15.1. The van der Waals surface area contributed by atoms with Gasteiger partial charge < -0.3 is 5.32 Å². The van der Waals surface area contributed by atoms with E-state index in [0.717, 1.165) is 35.9 Å². The summed E-state index contributed by atoms with van der Waals surface area (Å²) in [5.41, 5.74) is 2.02. The lowest BCUT2D eigenvalue weighted by Crippen LogP contribution is -2.24. The summed E-state index contributed by atoms with van der Waals surface area (Å²) in [7, 11) is 0. The highest BCUT2D eigenvalue weighted by Gasteiger charge is 2.12. The number of carbonyl (C=O) groups is 1. The van der Waals surface area contributed by atoms with Crippen LogP contribution in [0.15, 0.2) is 29.6 Å². The molecule has 1 aromatic heterocycles. The average Bonchev–Trinajstić information content (AvgIpc) is 3.06. The van der Waals surface area contributed by atoms with E-state index in [0.29, 0.717) is 13.0 Å². The lowest BCUT2D eigenvalue weighted by atomic mass is 9.97. The minimum Gasteiger partial charge on any atom is -0.350 e. The molecule has 1 N–H and O–H groups in total. The number of nitrogens with zero attached hydrogens (tertiary/aromatic N) is 2. The van der Waals surface area contributed by atoms with Crippen molar-refractivity contribution in [2.75, 3.05) is 13.1 Å². The Morgan fingerprint density at radius 2 is 1.96 bits per heavy atom. The molecule has 1 aromatic carbocycles. The number of rotatable bonds is 9. The molecule has 0 aliphatic rings. The number of benzene rings is 1. The summed E-state index contributed by atoms with van der Waals surface area (Å²) in [5, 5.41) is 5.90. The molecular weight excluding hydrogens is 337 g/mol. The number of hydrogen-bond donors (Lipinski definition) is 1. The van der Waals surface area contributed by atoms with Gasteiger partial charge in [0.15, 0.2) is 0 Å². The molecule has 136 valence electrons. The molecule has 1 unspecified atom stereocenters. The molecule has 2 aromatic rings. The molecule has 1 heterocycles. The van der Waals surface area contributed by atoms with Crippen molar-refractivity contribution in [3.05, 3.63) is 51.7 Å². The molecule has 0 aliphatic carbocycles. The number of thiazole rings is 1. The van der Waals surface area contributed by atoms with Crippen LogP contribution in [0.25, 0.3) is 0 Å². The lowest BCUT2D eigenvalue weighted by Gasteiger charge is -2.15. The van der Waals surface area contributed by atoms with Gasteiger partial charge in [-0.25, -0.2) is 9.37 Å². The molecule has 1 atom stereocenters. The Labute approximate surface area is 153 Å². The van der Waals surface area contributed by atoms with Crippen molar-refractivity contribution in [2.45, 2.75) is 46.2 Å². The number of aromatic nitrogens is 1. The lowest BCUT2D eigenvalue weighted by molar-refractivity contribution is -0.121. The second kappa shape index (κ2) is 9.63. The normalized spacial score (nSPS) is 12.4. The Morgan fingerprint density at radius 3 is 2.60 bits per heavy atom. The van der Waals surface area contributed by atoms with Crippen molar-refractivity contribution in [1.29, 1.82) is 0 Å². The van der Waals surface area contributed by atoms with E-state index in [9.17, 15) is 9.18 Å². The molecule has 2 rings (SSSR count). The van der Waals surface area contributed by atoms with Crippen LogP contribution in [0, 0.1) is 5.82 Å². The number of halogens is 1. The van der Waals surface area contributed by atoms with E-state index >= 15 is 0 Å². The highest BCUT2D eigenvalue weighted by Crippen LogP contribution is 2.19. The van der Waals surface area contributed by atoms with Crippen LogP contribution in [0.5, 0.6) is 0 Å². The molecule has 0 aliphatic heterocycles. The van der Waals surface area contributed by atoms with E-state index in [1.807, 2.05) is 6.92 Å². The minimum atomic E-state index is -0.260. The van der Waals surface area contributed by atoms with E-state index in [1.165, 1.54) is 12.1 Å². The topological polar surface area (TPSA) is 45.2 Å². The van der Waals surface area contributed by atoms with Gasteiger partial charge in [0.05, 0.1) is 12.2 Å². The molecule has 0 saturated heterocycles. The first-order valence-corrected chi connectivity index (χ1v) is 9.57. The van der Waals surface area contributed by atoms with Crippen molar-refractivity contribution in [1.82, 2.24) is 15.2 Å². The summed E-state index contributed by atoms with van der Waals surface area (Å²) in [5.74, 6) is -0.225. The van der Waals surface area contributed by atoms with E-state index in [1.54, 1.807) is 23.5 Å². The fourth-order valence-corrected chi connectivity index (χ4v) is 3.34. The molecular formula is C19H26FN3OS. The van der Waals surface area contributed by atoms with Gasteiger partial charge in [0.25, 0.3) is 0 Å². The first-order valence-electron chi connectivity index (χ1n) is 8.69. The molecule has 6 heteroatoms. The average molecular weight is 364 g/mol. The molecule has 4 nitrogen and oxygen atoms in total. The van der Waals surface area contributed by atoms with Crippen molar-refractivity contribution >= 4 is 17.2 Å². The molecule has 0 spiro atoms. The van der Waals surface area contributed by atoms with Crippen LogP contribution in [0.3, 0.4) is 0 Å². The predicted octanol–water partition coefficient (Wildman–Crippen LogP) is 3.93. The third kappa shape index (κ3) is 6.21. The highest BCUT2D eigenvalue weighted by molar-refractivity contribution is 7.09. The Bertz CT molecular complexity index is 668. The second-order valence-electron chi connectivity index (χ2n) is 6.13. The Morgan fingerprint density at radius 1 is 1.28 bits per heavy atom. The van der Waals surface area contributed by atoms with Gasteiger partial charge in [-0.15, -0.1) is 11.3 Å². The van der Waals surface area contributed by atoms with Crippen LogP contribution >= 0.6 is 11.3 Å². The number of nitrogens with one attached hydrogen (secondary N) is 1.